The Bertz CT molecular complexity index is 768. The summed E-state index contributed by atoms with van der Waals surface area (Å²) in [5.41, 5.74) is 1.04. The number of aromatic nitrogens is 1. The third kappa shape index (κ3) is 6.81. The normalized spacial score (nSPS) is 11.9. The molecule has 2 rings (SSSR count). The van der Waals surface area contributed by atoms with Crippen molar-refractivity contribution in [1.82, 2.24) is 20.3 Å². The Balaban J connectivity index is 0.00000312. The lowest BCUT2D eigenvalue weighted by atomic mass is 10.4. The highest BCUT2D eigenvalue weighted by Crippen LogP contribution is 2.16. The van der Waals surface area contributed by atoms with Crippen molar-refractivity contribution in [2.24, 2.45) is 4.99 Å². The Morgan fingerprint density at radius 3 is 2.60 bits per heavy atom. The van der Waals surface area contributed by atoms with Crippen LogP contribution in [0.25, 0.3) is 0 Å². The molecule has 0 saturated heterocycles. The van der Waals surface area contributed by atoms with Crippen LogP contribution in [0.2, 0.25) is 0 Å². The summed E-state index contributed by atoms with van der Waals surface area (Å²) in [5.74, 6) is 0.607. The van der Waals surface area contributed by atoms with E-state index < -0.39 is 10.0 Å². The number of nitrogens with one attached hydrogen (secondary N) is 3. The zero-order valence-electron chi connectivity index (χ0n) is 14.2. The van der Waals surface area contributed by atoms with E-state index in [0.717, 1.165) is 10.7 Å². The fraction of sp³-hybridized carbons (Fsp3) is 0.429. The molecule has 0 aliphatic carbocycles. The lowest BCUT2D eigenvalue weighted by Crippen LogP contribution is -2.41. The summed E-state index contributed by atoms with van der Waals surface area (Å²) in [6, 6.07) is 3.30. The molecular formula is C14H22IN5O2S3. The van der Waals surface area contributed by atoms with E-state index in [-0.39, 0.29) is 30.5 Å². The first-order chi connectivity index (χ1) is 11.4. The van der Waals surface area contributed by atoms with E-state index in [1.807, 2.05) is 13.8 Å². The van der Waals surface area contributed by atoms with Gasteiger partial charge in [0.2, 0.25) is 10.0 Å². The quantitative estimate of drug-likeness (QED) is 0.227. The van der Waals surface area contributed by atoms with Crippen molar-refractivity contribution in [2.75, 3.05) is 20.1 Å². The average Bonchev–Trinajstić information content (AvgIpc) is 3.18. The summed E-state index contributed by atoms with van der Waals surface area (Å²) in [5, 5.41) is 8.96. The minimum absolute atomic E-state index is 0. The fourth-order valence-electron chi connectivity index (χ4n) is 1.85. The van der Waals surface area contributed by atoms with Gasteiger partial charge in [-0.3, -0.25) is 4.99 Å². The van der Waals surface area contributed by atoms with Crippen LogP contribution in [0.4, 0.5) is 0 Å². The standard InChI is InChI=1S/C14H21N5O2S3.HI/c1-10-11(2)23-12(19-10)9-17-14(15-3)16-6-7-18-24(20,21)13-5-4-8-22-13;/h4-5,8,18H,6-7,9H2,1-3H3,(H2,15,16,17);1H. The van der Waals surface area contributed by atoms with Gasteiger partial charge in [0.15, 0.2) is 5.96 Å². The van der Waals surface area contributed by atoms with E-state index in [1.54, 1.807) is 35.9 Å². The maximum Gasteiger partial charge on any atom is 0.250 e. The molecule has 140 valence electrons. The molecule has 2 heterocycles. The van der Waals surface area contributed by atoms with Crippen LogP contribution in [-0.2, 0) is 16.6 Å². The fourth-order valence-corrected chi connectivity index (χ4v) is 4.79. The van der Waals surface area contributed by atoms with E-state index in [1.165, 1.54) is 16.2 Å². The minimum Gasteiger partial charge on any atom is -0.355 e. The van der Waals surface area contributed by atoms with Crippen molar-refractivity contribution >= 4 is 62.6 Å². The summed E-state index contributed by atoms with van der Waals surface area (Å²) in [6.45, 7) is 5.32. The molecular weight excluding hydrogens is 493 g/mol. The van der Waals surface area contributed by atoms with Gasteiger partial charge in [0, 0.05) is 25.0 Å². The molecule has 11 heteroatoms. The van der Waals surface area contributed by atoms with Crippen molar-refractivity contribution in [2.45, 2.75) is 24.6 Å². The number of thiophene rings is 1. The smallest absolute Gasteiger partial charge is 0.250 e. The monoisotopic (exact) mass is 515 g/mol. The summed E-state index contributed by atoms with van der Waals surface area (Å²) < 4.78 is 26.8. The maximum absolute atomic E-state index is 12.0. The number of aliphatic imine (C=N–C) groups is 1. The van der Waals surface area contributed by atoms with Gasteiger partial charge >= 0.3 is 0 Å². The van der Waals surface area contributed by atoms with E-state index >= 15 is 0 Å². The molecule has 0 fully saturated rings. The van der Waals surface area contributed by atoms with Crippen LogP contribution in [-0.4, -0.2) is 39.5 Å². The van der Waals surface area contributed by atoms with Gasteiger partial charge < -0.3 is 10.6 Å². The van der Waals surface area contributed by atoms with Crippen LogP contribution < -0.4 is 15.4 Å². The molecule has 0 saturated carbocycles. The summed E-state index contributed by atoms with van der Waals surface area (Å²) in [7, 11) is -1.75. The number of rotatable bonds is 7. The molecule has 0 bridgehead atoms. The van der Waals surface area contributed by atoms with Crippen molar-refractivity contribution in [3.8, 4) is 0 Å². The molecule has 3 N–H and O–H groups in total. The van der Waals surface area contributed by atoms with E-state index in [2.05, 4.69) is 25.3 Å². The molecule has 25 heavy (non-hydrogen) atoms. The number of thiazole rings is 1. The van der Waals surface area contributed by atoms with Gasteiger partial charge in [-0.1, -0.05) is 6.07 Å². The molecule has 0 amide bonds. The lowest BCUT2D eigenvalue weighted by molar-refractivity contribution is 0.582. The van der Waals surface area contributed by atoms with Crippen LogP contribution in [0.15, 0.2) is 26.7 Å². The first-order valence-corrected chi connectivity index (χ1v) is 10.5. The second kappa shape index (κ2) is 10.4. The van der Waals surface area contributed by atoms with Crippen molar-refractivity contribution in [1.29, 1.82) is 0 Å². The van der Waals surface area contributed by atoms with Crippen molar-refractivity contribution < 1.29 is 8.42 Å². The Kier molecular flexibility index (Phi) is 9.27. The van der Waals surface area contributed by atoms with Gasteiger partial charge in [-0.25, -0.2) is 18.1 Å². The number of hydrogen-bond donors (Lipinski definition) is 3. The summed E-state index contributed by atoms with van der Waals surface area (Å²) >= 11 is 2.84. The SMILES string of the molecule is CN=C(NCCNS(=O)(=O)c1cccs1)NCc1nc(C)c(C)s1.I. The third-order valence-corrected chi connectivity index (χ3v) is 7.10. The van der Waals surface area contributed by atoms with Crippen LogP contribution in [0.5, 0.6) is 0 Å². The first-order valence-electron chi connectivity index (χ1n) is 7.33. The largest absolute Gasteiger partial charge is 0.355 e. The molecule has 0 aromatic carbocycles. The van der Waals surface area contributed by atoms with E-state index in [9.17, 15) is 8.42 Å². The molecule has 0 radical (unpaired) electrons. The van der Waals surface area contributed by atoms with Gasteiger partial charge in [0.1, 0.15) is 9.22 Å². The number of guanidine groups is 1. The van der Waals surface area contributed by atoms with Crippen molar-refractivity contribution in [3.05, 3.63) is 33.1 Å². The predicted octanol–water partition coefficient (Wildman–Crippen LogP) is 2.08. The second-order valence-corrected chi connectivity index (χ2v) is 9.16. The number of aryl methyl sites for hydroxylation is 2. The number of sulfonamides is 1. The van der Waals surface area contributed by atoms with Crippen LogP contribution in [0.3, 0.4) is 0 Å². The van der Waals surface area contributed by atoms with Gasteiger partial charge in [-0.15, -0.1) is 46.7 Å². The lowest BCUT2D eigenvalue weighted by Gasteiger charge is -2.11. The first kappa shape index (κ1) is 22.3. The third-order valence-electron chi connectivity index (χ3n) is 3.17. The van der Waals surface area contributed by atoms with Gasteiger partial charge in [0.25, 0.3) is 0 Å². The molecule has 7 nitrogen and oxygen atoms in total. The minimum atomic E-state index is -3.42. The summed E-state index contributed by atoms with van der Waals surface area (Å²) in [6.07, 6.45) is 0. The molecule has 2 aromatic rings. The van der Waals surface area contributed by atoms with Crippen LogP contribution in [0, 0.1) is 13.8 Å². The maximum atomic E-state index is 12.0. The van der Waals surface area contributed by atoms with Crippen LogP contribution in [0.1, 0.15) is 15.6 Å². The predicted molar refractivity (Wildman–Crippen MR) is 115 cm³/mol. The van der Waals surface area contributed by atoms with E-state index in [4.69, 9.17) is 0 Å². The number of nitrogens with zero attached hydrogens (tertiary/aromatic N) is 2. The highest BCUT2D eigenvalue weighted by molar-refractivity contribution is 14.0. The Morgan fingerprint density at radius 2 is 2.04 bits per heavy atom. The highest BCUT2D eigenvalue weighted by Gasteiger charge is 2.13. The molecule has 0 unspecified atom stereocenters. The zero-order valence-corrected chi connectivity index (χ0v) is 19.0. The molecule has 0 atom stereocenters. The zero-order chi connectivity index (χ0) is 17.6. The van der Waals surface area contributed by atoms with E-state index in [0.29, 0.717) is 23.3 Å². The average molecular weight is 515 g/mol. The van der Waals surface area contributed by atoms with Gasteiger partial charge in [0.05, 0.1) is 12.2 Å². The molecule has 0 spiro atoms. The Morgan fingerprint density at radius 1 is 1.28 bits per heavy atom. The highest BCUT2D eigenvalue weighted by atomic mass is 127. The summed E-state index contributed by atoms with van der Waals surface area (Å²) in [4.78, 5) is 9.78. The molecule has 0 aliphatic heterocycles. The Hall–Kier alpha value is -0.760. The molecule has 0 aliphatic rings. The van der Waals surface area contributed by atoms with Gasteiger partial charge in [-0.05, 0) is 25.3 Å². The molecule has 2 aromatic heterocycles. The van der Waals surface area contributed by atoms with Gasteiger partial charge in [-0.2, -0.15) is 0 Å². The topological polar surface area (TPSA) is 95.5 Å². The second-order valence-electron chi connectivity index (χ2n) is 4.93. The van der Waals surface area contributed by atoms with Crippen molar-refractivity contribution in [3.63, 3.8) is 0 Å². The number of halogens is 1. The van der Waals surface area contributed by atoms with Crippen LogP contribution >= 0.6 is 46.7 Å². The Labute approximate surface area is 173 Å². The number of hydrogen-bond acceptors (Lipinski definition) is 6.